The van der Waals surface area contributed by atoms with Gasteiger partial charge in [0.05, 0.1) is 5.52 Å². The normalized spacial score (nSPS) is 11.3. The number of nitrogens with one attached hydrogen (secondary N) is 1. The third-order valence-electron chi connectivity index (χ3n) is 4.25. The number of nitrogens with zero attached hydrogens (tertiary/aromatic N) is 1. The second-order valence-electron chi connectivity index (χ2n) is 5.63. The van der Waals surface area contributed by atoms with Crippen LogP contribution in [-0.2, 0) is 6.42 Å². The zero-order valence-electron chi connectivity index (χ0n) is 12.6. The summed E-state index contributed by atoms with van der Waals surface area (Å²) in [4.78, 5) is 16.3. The van der Waals surface area contributed by atoms with Crippen molar-refractivity contribution >= 4 is 27.7 Å². The van der Waals surface area contributed by atoms with Crippen molar-refractivity contribution in [3.63, 3.8) is 0 Å². The van der Waals surface area contributed by atoms with Crippen molar-refractivity contribution < 1.29 is 4.79 Å². The molecule has 0 bridgehead atoms. The summed E-state index contributed by atoms with van der Waals surface area (Å²) in [6.45, 7) is 0.565. The van der Waals surface area contributed by atoms with Gasteiger partial charge < -0.3 is 10.7 Å². The molecule has 0 atom stereocenters. The van der Waals surface area contributed by atoms with Gasteiger partial charge in [0.2, 0.25) is 0 Å². The first-order valence-electron chi connectivity index (χ1n) is 7.69. The van der Waals surface area contributed by atoms with Crippen LogP contribution in [0.5, 0.6) is 0 Å². The average Bonchev–Trinajstić information content (AvgIpc) is 3.19. The Morgan fingerprint density at radius 3 is 2.78 bits per heavy atom. The van der Waals surface area contributed by atoms with E-state index in [1.54, 1.807) is 4.57 Å². The first-order valence-corrected chi connectivity index (χ1v) is 7.69. The number of nitrogens with two attached hydrogens (primary N) is 1. The predicted molar refractivity (Wildman–Crippen MR) is 92.7 cm³/mol. The zero-order valence-corrected chi connectivity index (χ0v) is 12.6. The van der Waals surface area contributed by atoms with E-state index in [4.69, 9.17) is 5.73 Å². The van der Waals surface area contributed by atoms with Gasteiger partial charge in [0.1, 0.15) is 0 Å². The van der Waals surface area contributed by atoms with Gasteiger partial charge in [-0.25, -0.2) is 0 Å². The second kappa shape index (κ2) is 5.41. The molecule has 2 heterocycles. The summed E-state index contributed by atoms with van der Waals surface area (Å²) in [6.07, 6.45) is 4.54. The van der Waals surface area contributed by atoms with E-state index in [-0.39, 0.29) is 5.91 Å². The van der Waals surface area contributed by atoms with Gasteiger partial charge in [0.25, 0.3) is 5.91 Å². The standard InChI is InChI=1S/C19H17N3O/c20-10-8-13-12-22(18-7-2-1-4-14(13)18)19(23)16-5-3-6-17-15(16)9-11-21-17/h1-7,9,11-12,21H,8,10,20H2. The van der Waals surface area contributed by atoms with Crippen LogP contribution < -0.4 is 5.73 Å². The number of carbonyl (C=O) groups excluding carboxylic acids is 1. The molecule has 114 valence electrons. The van der Waals surface area contributed by atoms with E-state index < -0.39 is 0 Å². The molecule has 4 aromatic rings. The van der Waals surface area contributed by atoms with E-state index in [9.17, 15) is 4.79 Å². The van der Waals surface area contributed by atoms with Gasteiger partial charge in [-0.2, -0.15) is 0 Å². The van der Waals surface area contributed by atoms with Gasteiger partial charge >= 0.3 is 0 Å². The number of rotatable bonds is 3. The number of aromatic nitrogens is 2. The molecule has 4 nitrogen and oxygen atoms in total. The Balaban J connectivity index is 1.92. The van der Waals surface area contributed by atoms with Crippen molar-refractivity contribution in [2.45, 2.75) is 6.42 Å². The van der Waals surface area contributed by atoms with Crippen LogP contribution >= 0.6 is 0 Å². The van der Waals surface area contributed by atoms with Crippen LogP contribution in [0.1, 0.15) is 15.9 Å². The highest BCUT2D eigenvalue weighted by molar-refractivity contribution is 6.10. The first-order chi connectivity index (χ1) is 11.3. The molecular weight excluding hydrogens is 286 g/mol. The number of benzene rings is 2. The van der Waals surface area contributed by atoms with Crippen LogP contribution in [-0.4, -0.2) is 22.0 Å². The largest absolute Gasteiger partial charge is 0.361 e. The van der Waals surface area contributed by atoms with E-state index in [1.807, 2.05) is 60.9 Å². The third-order valence-corrected chi connectivity index (χ3v) is 4.25. The topological polar surface area (TPSA) is 63.8 Å². The monoisotopic (exact) mass is 303 g/mol. The SMILES string of the molecule is NCCc1cn(C(=O)c2cccc3[nH]ccc23)c2ccccc12. The molecule has 0 aliphatic carbocycles. The molecule has 0 saturated heterocycles. The fraction of sp³-hybridized carbons (Fsp3) is 0.105. The van der Waals surface area contributed by atoms with Gasteiger partial charge in [0, 0.05) is 34.2 Å². The van der Waals surface area contributed by atoms with Crippen LogP contribution in [0.2, 0.25) is 0 Å². The number of carbonyl (C=O) groups is 1. The minimum atomic E-state index is -0.0188. The summed E-state index contributed by atoms with van der Waals surface area (Å²) >= 11 is 0. The molecule has 0 amide bonds. The molecule has 0 radical (unpaired) electrons. The predicted octanol–water partition coefficient (Wildman–Crippen LogP) is 3.31. The lowest BCUT2D eigenvalue weighted by Gasteiger charge is -2.05. The highest BCUT2D eigenvalue weighted by Gasteiger charge is 2.16. The highest BCUT2D eigenvalue weighted by atomic mass is 16.2. The summed E-state index contributed by atoms with van der Waals surface area (Å²) in [5, 5.41) is 2.03. The Hall–Kier alpha value is -2.85. The number of hydrogen-bond acceptors (Lipinski definition) is 2. The van der Waals surface area contributed by atoms with Gasteiger partial charge in [-0.1, -0.05) is 24.3 Å². The molecule has 2 aromatic carbocycles. The van der Waals surface area contributed by atoms with Crippen LogP contribution in [0, 0.1) is 0 Å². The van der Waals surface area contributed by atoms with Crippen molar-refractivity contribution in [1.29, 1.82) is 0 Å². The minimum Gasteiger partial charge on any atom is -0.361 e. The fourth-order valence-corrected chi connectivity index (χ4v) is 3.17. The third kappa shape index (κ3) is 2.15. The summed E-state index contributed by atoms with van der Waals surface area (Å²) in [7, 11) is 0. The molecule has 0 unspecified atom stereocenters. The Kier molecular flexibility index (Phi) is 3.24. The number of fused-ring (bicyclic) bond motifs is 2. The van der Waals surface area contributed by atoms with Crippen molar-refractivity contribution in [1.82, 2.24) is 9.55 Å². The van der Waals surface area contributed by atoms with E-state index in [0.717, 1.165) is 33.8 Å². The molecule has 4 heteroatoms. The molecule has 0 aliphatic rings. The Bertz CT molecular complexity index is 1010. The Morgan fingerprint density at radius 2 is 1.91 bits per heavy atom. The fourth-order valence-electron chi connectivity index (χ4n) is 3.17. The van der Waals surface area contributed by atoms with E-state index in [0.29, 0.717) is 12.1 Å². The lowest BCUT2D eigenvalue weighted by atomic mass is 10.1. The minimum absolute atomic E-state index is 0.0188. The molecule has 2 aromatic heterocycles. The van der Waals surface area contributed by atoms with E-state index >= 15 is 0 Å². The number of H-pyrrole nitrogens is 1. The number of aromatic amines is 1. The van der Waals surface area contributed by atoms with E-state index in [1.165, 1.54) is 0 Å². The molecule has 23 heavy (non-hydrogen) atoms. The summed E-state index contributed by atoms with van der Waals surface area (Å²) in [5.74, 6) is -0.0188. The van der Waals surface area contributed by atoms with Gasteiger partial charge in [0.15, 0.2) is 0 Å². The maximum Gasteiger partial charge on any atom is 0.263 e. The summed E-state index contributed by atoms with van der Waals surface area (Å²) < 4.78 is 1.74. The molecule has 0 aliphatic heterocycles. The maximum absolute atomic E-state index is 13.1. The summed E-state index contributed by atoms with van der Waals surface area (Å²) in [5.41, 5.74) is 9.41. The van der Waals surface area contributed by atoms with Crippen molar-refractivity contribution in [3.05, 3.63) is 72.1 Å². The van der Waals surface area contributed by atoms with Crippen molar-refractivity contribution in [2.75, 3.05) is 6.54 Å². The van der Waals surface area contributed by atoms with Crippen molar-refractivity contribution in [3.8, 4) is 0 Å². The molecule has 3 N–H and O–H groups in total. The van der Waals surface area contributed by atoms with Crippen LogP contribution in [0.3, 0.4) is 0 Å². The van der Waals surface area contributed by atoms with Gasteiger partial charge in [-0.15, -0.1) is 0 Å². The highest BCUT2D eigenvalue weighted by Crippen LogP contribution is 2.25. The summed E-state index contributed by atoms with van der Waals surface area (Å²) in [6, 6.07) is 15.6. The van der Waals surface area contributed by atoms with Crippen LogP contribution in [0.15, 0.2) is 60.9 Å². The first kappa shape index (κ1) is 13.8. The molecule has 0 saturated carbocycles. The van der Waals surface area contributed by atoms with E-state index in [2.05, 4.69) is 4.98 Å². The second-order valence-corrected chi connectivity index (χ2v) is 5.63. The zero-order chi connectivity index (χ0) is 15.8. The van der Waals surface area contributed by atoms with Crippen LogP contribution in [0.25, 0.3) is 21.8 Å². The van der Waals surface area contributed by atoms with Crippen molar-refractivity contribution in [2.24, 2.45) is 5.73 Å². The van der Waals surface area contributed by atoms with Gasteiger partial charge in [-0.05, 0) is 42.8 Å². The lowest BCUT2D eigenvalue weighted by molar-refractivity contribution is 0.0966. The Labute approximate surface area is 133 Å². The quantitative estimate of drug-likeness (QED) is 0.610. The molecular formula is C19H17N3O. The Morgan fingerprint density at radius 1 is 1.04 bits per heavy atom. The lowest BCUT2D eigenvalue weighted by Crippen LogP contribution is -2.11. The maximum atomic E-state index is 13.1. The molecule has 0 spiro atoms. The number of para-hydroxylation sites is 1. The smallest absolute Gasteiger partial charge is 0.263 e. The molecule has 0 fully saturated rings. The average molecular weight is 303 g/mol. The van der Waals surface area contributed by atoms with Gasteiger partial charge in [-0.3, -0.25) is 9.36 Å². The number of hydrogen-bond donors (Lipinski definition) is 2. The molecule has 4 rings (SSSR count). The van der Waals surface area contributed by atoms with Crippen LogP contribution in [0.4, 0.5) is 0 Å².